The van der Waals surface area contributed by atoms with Gasteiger partial charge >= 0.3 is 0 Å². The van der Waals surface area contributed by atoms with E-state index in [2.05, 4.69) is 11.5 Å². The van der Waals surface area contributed by atoms with E-state index in [9.17, 15) is 5.11 Å². The van der Waals surface area contributed by atoms with Gasteiger partial charge in [0.25, 0.3) is 0 Å². The molecule has 0 aliphatic rings. The molecule has 0 aromatic heterocycles. The molecule has 0 spiro atoms. The first-order chi connectivity index (χ1) is 8.19. The third-order valence-electron chi connectivity index (χ3n) is 2.66. The molecular weight excluding hydrogens is 214 g/mol. The van der Waals surface area contributed by atoms with Gasteiger partial charge in [-0.2, -0.15) is 0 Å². The summed E-state index contributed by atoms with van der Waals surface area (Å²) >= 11 is 0. The summed E-state index contributed by atoms with van der Waals surface area (Å²) < 4.78 is 5.09. The molecule has 0 aliphatic carbocycles. The summed E-state index contributed by atoms with van der Waals surface area (Å²) in [5.74, 6) is 0. The van der Waals surface area contributed by atoms with Gasteiger partial charge in [-0.1, -0.05) is 18.2 Å². The van der Waals surface area contributed by atoms with Crippen LogP contribution in [0, 0.1) is 0 Å². The van der Waals surface area contributed by atoms with Gasteiger partial charge in [0, 0.05) is 25.9 Å². The zero-order chi connectivity index (χ0) is 12.7. The number of hydrogen-bond donors (Lipinski definition) is 1. The van der Waals surface area contributed by atoms with E-state index in [4.69, 9.17) is 4.74 Å². The van der Waals surface area contributed by atoms with Crippen LogP contribution in [0.4, 0.5) is 5.69 Å². The van der Waals surface area contributed by atoms with E-state index in [0.717, 1.165) is 24.3 Å². The Bertz CT molecular complexity index is 333. The second kappa shape index (κ2) is 7.09. The van der Waals surface area contributed by atoms with Crippen molar-refractivity contribution in [3.63, 3.8) is 0 Å². The maximum atomic E-state index is 9.45. The van der Waals surface area contributed by atoms with Crippen LogP contribution in [0.1, 0.15) is 18.6 Å². The van der Waals surface area contributed by atoms with Crippen LogP contribution in [-0.4, -0.2) is 31.9 Å². The fourth-order valence-electron chi connectivity index (χ4n) is 1.65. The highest BCUT2D eigenvalue weighted by Gasteiger charge is 2.05. The van der Waals surface area contributed by atoms with Crippen molar-refractivity contribution in [1.29, 1.82) is 0 Å². The standard InChI is InChI=1S/C14H21NO2/c1-4-9-15(10-11-17-3)14-7-5-13(6-8-14)12(2)16/h4-8,12,16H,1,9-11H2,2-3H3/t12-/m0/s1. The van der Waals surface area contributed by atoms with Crippen LogP contribution in [0.2, 0.25) is 0 Å². The predicted molar refractivity (Wildman–Crippen MR) is 71.4 cm³/mol. The summed E-state index contributed by atoms with van der Waals surface area (Å²) in [6.45, 7) is 7.83. The fraction of sp³-hybridized carbons (Fsp3) is 0.429. The number of rotatable bonds is 7. The summed E-state index contributed by atoms with van der Waals surface area (Å²) in [5.41, 5.74) is 2.05. The van der Waals surface area contributed by atoms with E-state index >= 15 is 0 Å². The Kier molecular flexibility index (Phi) is 5.73. The molecule has 1 aromatic carbocycles. The third kappa shape index (κ3) is 4.21. The molecule has 0 bridgehead atoms. The second-order valence-corrected chi connectivity index (χ2v) is 3.99. The van der Waals surface area contributed by atoms with Crippen LogP contribution in [0.3, 0.4) is 0 Å². The Morgan fingerprint density at radius 2 is 2.06 bits per heavy atom. The molecule has 1 rings (SSSR count). The molecule has 3 nitrogen and oxygen atoms in total. The minimum atomic E-state index is -0.420. The van der Waals surface area contributed by atoms with E-state index in [1.54, 1.807) is 14.0 Å². The molecule has 0 saturated heterocycles. The van der Waals surface area contributed by atoms with Crippen molar-refractivity contribution in [3.05, 3.63) is 42.5 Å². The van der Waals surface area contributed by atoms with Crippen molar-refractivity contribution < 1.29 is 9.84 Å². The average Bonchev–Trinajstić information content (AvgIpc) is 2.34. The summed E-state index contributed by atoms with van der Waals surface area (Å²) in [6.07, 6.45) is 1.45. The number of hydrogen-bond acceptors (Lipinski definition) is 3. The zero-order valence-corrected chi connectivity index (χ0v) is 10.6. The van der Waals surface area contributed by atoms with Crippen molar-refractivity contribution >= 4 is 5.69 Å². The third-order valence-corrected chi connectivity index (χ3v) is 2.66. The van der Waals surface area contributed by atoms with Gasteiger partial charge in [0.2, 0.25) is 0 Å². The molecule has 3 heteroatoms. The highest BCUT2D eigenvalue weighted by Crippen LogP contribution is 2.18. The van der Waals surface area contributed by atoms with Crippen molar-refractivity contribution in [3.8, 4) is 0 Å². The van der Waals surface area contributed by atoms with Crippen LogP contribution in [0.25, 0.3) is 0 Å². The molecule has 0 amide bonds. The number of aliphatic hydroxyl groups excluding tert-OH is 1. The van der Waals surface area contributed by atoms with Gasteiger partial charge in [0.1, 0.15) is 0 Å². The summed E-state index contributed by atoms with van der Waals surface area (Å²) in [6, 6.07) is 7.92. The average molecular weight is 235 g/mol. The SMILES string of the molecule is C=CCN(CCOC)c1ccc([C@H](C)O)cc1. The van der Waals surface area contributed by atoms with Crippen molar-refractivity contribution in [2.24, 2.45) is 0 Å². The first kappa shape index (κ1) is 13.7. The van der Waals surface area contributed by atoms with Gasteiger partial charge in [0.05, 0.1) is 12.7 Å². The lowest BCUT2D eigenvalue weighted by Crippen LogP contribution is -2.27. The van der Waals surface area contributed by atoms with E-state index in [1.165, 1.54) is 0 Å². The molecule has 1 N–H and O–H groups in total. The van der Waals surface area contributed by atoms with Gasteiger partial charge in [-0.25, -0.2) is 0 Å². The van der Waals surface area contributed by atoms with E-state index in [-0.39, 0.29) is 0 Å². The molecule has 17 heavy (non-hydrogen) atoms. The largest absolute Gasteiger partial charge is 0.389 e. The van der Waals surface area contributed by atoms with Crippen LogP contribution in [0.5, 0.6) is 0 Å². The lowest BCUT2D eigenvalue weighted by Gasteiger charge is -2.23. The maximum Gasteiger partial charge on any atom is 0.0761 e. The Hall–Kier alpha value is -1.32. The first-order valence-corrected chi connectivity index (χ1v) is 5.82. The predicted octanol–water partition coefficient (Wildman–Crippen LogP) is 2.38. The van der Waals surface area contributed by atoms with Crippen LogP contribution >= 0.6 is 0 Å². The molecule has 0 unspecified atom stereocenters. The number of methoxy groups -OCH3 is 1. The minimum Gasteiger partial charge on any atom is -0.389 e. The molecular formula is C14H21NO2. The van der Waals surface area contributed by atoms with Gasteiger partial charge in [-0.3, -0.25) is 0 Å². The van der Waals surface area contributed by atoms with Crippen molar-refractivity contribution in [1.82, 2.24) is 0 Å². The van der Waals surface area contributed by atoms with Crippen molar-refractivity contribution in [2.75, 3.05) is 31.7 Å². The fourth-order valence-corrected chi connectivity index (χ4v) is 1.65. The smallest absolute Gasteiger partial charge is 0.0761 e. The zero-order valence-electron chi connectivity index (χ0n) is 10.6. The Morgan fingerprint density at radius 3 is 2.53 bits per heavy atom. The maximum absolute atomic E-state index is 9.45. The van der Waals surface area contributed by atoms with Crippen molar-refractivity contribution in [2.45, 2.75) is 13.0 Å². The normalized spacial score (nSPS) is 12.2. The number of aliphatic hydroxyl groups is 1. The van der Waals surface area contributed by atoms with Crippen LogP contribution in [-0.2, 0) is 4.74 Å². The molecule has 1 aromatic rings. The number of benzene rings is 1. The van der Waals surface area contributed by atoms with E-state index < -0.39 is 6.10 Å². The Balaban J connectivity index is 2.75. The quantitative estimate of drug-likeness (QED) is 0.736. The van der Waals surface area contributed by atoms with Gasteiger partial charge in [-0.15, -0.1) is 6.58 Å². The molecule has 0 fully saturated rings. The van der Waals surface area contributed by atoms with E-state index in [0.29, 0.717) is 6.61 Å². The van der Waals surface area contributed by atoms with Crippen LogP contribution < -0.4 is 4.90 Å². The summed E-state index contributed by atoms with van der Waals surface area (Å²) in [5, 5.41) is 9.45. The van der Waals surface area contributed by atoms with Gasteiger partial charge in [0.15, 0.2) is 0 Å². The molecule has 0 aliphatic heterocycles. The Labute approximate surface area is 103 Å². The lowest BCUT2D eigenvalue weighted by molar-refractivity contribution is 0.199. The van der Waals surface area contributed by atoms with Gasteiger partial charge < -0.3 is 14.7 Å². The van der Waals surface area contributed by atoms with Crippen LogP contribution in [0.15, 0.2) is 36.9 Å². The molecule has 0 radical (unpaired) electrons. The first-order valence-electron chi connectivity index (χ1n) is 5.82. The highest BCUT2D eigenvalue weighted by atomic mass is 16.5. The van der Waals surface area contributed by atoms with E-state index in [1.807, 2.05) is 30.3 Å². The molecule has 1 atom stereocenters. The molecule has 0 heterocycles. The van der Waals surface area contributed by atoms with Gasteiger partial charge in [-0.05, 0) is 24.6 Å². The lowest BCUT2D eigenvalue weighted by atomic mass is 10.1. The second-order valence-electron chi connectivity index (χ2n) is 3.99. The number of anilines is 1. The monoisotopic (exact) mass is 235 g/mol. The topological polar surface area (TPSA) is 32.7 Å². The Morgan fingerprint density at radius 1 is 1.41 bits per heavy atom. The minimum absolute atomic E-state index is 0.420. The summed E-state index contributed by atoms with van der Waals surface area (Å²) in [4.78, 5) is 2.18. The highest BCUT2D eigenvalue weighted by molar-refractivity contribution is 5.48. The number of nitrogens with zero attached hydrogens (tertiary/aromatic N) is 1. The number of ether oxygens (including phenoxy) is 1. The molecule has 94 valence electrons. The summed E-state index contributed by atoms with van der Waals surface area (Å²) in [7, 11) is 1.70. The molecule has 0 saturated carbocycles.